The van der Waals surface area contributed by atoms with Gasteiger partial charge in [-0.1, -0.05) is 157 Å². The molecule has 0 amide bonds. The number of rotatable bonds is 4. The van der Waals surface area contributed by atoms with Gasteiger partial charge in [-0.2, -0.15) is 0 Å². The number of hydrogen-bond donors (Lipinski definition) is 0. The third-order valence-electron chi connectivity index (χ3n) is 11.9. The molecular weight excluding hydrogens is 699 g/mol. The summed E-state index contributed by atoms with van der Waals surface area (Å²) in [4.78, 5) is 4.94. The molecule has 0 N–H and O–H groups in total. The molecule has 0 saturated carbocycles. The number of furan rings is 1. The lowest BCUT2D eigenvalue weighted by Crippen LogP contribution is -2.32. The Kier molecular flexibility index (Phi) is 6.81. The summed E-state index contributed by atoms with van der Waals surface area (Å²) in [7, 11) is 0. The van der Waals surface area contributed by atoms with Gasteiger partial charge in [0, 0.05) is 31.9 Å². The van der Waals surface area contributed by atoms with Crippen LogP contribution in [0.15, 0.2) is 214 Å². The second-order valence-electron chi connectivity index (χ2n) is 14.8. The molecule has 1 aliphatic carbocycles. The highest BCUT2D eigenvalue weighted by atomic mass is 32.2. The Morgan fingerprint density at radius 3 is 1.91 bits per heavy atom. The van der Waals surface area contributed by atoms with Crippen LogP contribution in [0.5, 0.6) is 0 Å². The maximum Gasteiger partial charge on any atom is 0.159 e. The fourth-order valence-corrected chi connectivity index (χ4v) is 10.8. The maximum atomic E-state index is 6.61. The first-order valence-electron chi connectivity index (χ1n) is 19.2. The molecule has 0 fully saturated rings. The Hall–Kier alpha value is -6.81. The first-order chi connectivity index (χ1) is 27.8. The molecule has 262 valence electrons. The van der Waals surface area contributed by atoms with Crippen LogP contribution in [0, 0.1) is 0 Å². The van der Waals surface area contributed by atoms with Gasteiger partial charge in [0.2, 0.25) is 0 Å². The third kappa shape index (κ3) is 4.40. The third-order valence-corrected chi connectivity index (χ3v) is 13.0. The predicted octanol–water partition coefficient (Wildman–Crippen LogP) is 14.7. The second-order valence-corrected chi connectivity index (χ2v) is 15.9. The van der Waals surface area contributed by atoms with Gasteiger partial charge in [0.15, 0.2) is 5.58 Å². The number of benzene rings is 9. The van der Waals surface area contributed by atoms with Crippen molar-refractivity contribution in [3.05, 3.63) is 222 Å². The van der Waals surface area contributed by atoms with Crippen LogP contribution in [0.25, 0.3) is 55.0 Å². The van der Waals surface area contributed by atoms with Gasteiger partial charge in [0.25, 0.3) is 0 Å². The largest absolute Gasteiger partial charge is 0.454 e. The minimum atomic E-state index is -0.482. The molecule has 12 rings (SSSR count). The van der Waals surface area contributed by atoms with E-state index in [1.54, 1.807) is 0 Å². The van der Waals surface area contributed by atoms with E-state index >= 15 is 0 Å². The van der Waals surface area contributed by atoms with Crippen LogP contribution >= 0.6 is 11.8 Å². The highest BCUT2D eigenvalue weighted by molar-refractivity contribution is 7.99. The van der Waals surface area contributed by atoms with Crippen molar-refractivity contribution < 1.29 is 4.42 Å². The molecule has 1 aliphatic heterocycles. The van der Waals surface area contributed by atoms with Crippen LogP contribution in [0.3, 0.4) is 0 Å². The van der Waals surface area contributed by atoms with Crippen LogP contribution in [-0.4, -0.2) is 0 Å². The molecule has 1 spiro atoms. The normalized spacial score (nSPS) is 13.4. The molecule has 2 heterocycles. The van der Waals surface area contributed by atoms with Crippen molar-refractivity contribution in [2.24, 2.45) is 0 Å². The molecular formula is C53H33NOS. The summed E-state index contributed by atoms with van der Waals surface area (Å²) in [5.74, 6) is 0. The molecule has 0 saturated heterocycles. The monoisotopic (exact) mass is 731 g/mol. The zero-order valence-electron chi connectivity index (χ0n) is 30.3. The highest BCUT2D eigenvalue weighted by Gasteiger charge is 2.51. The van der Waals surface area contributed by atoms with E-state index in [0.29, 0.717) is 0 Å². The predicted molar refractivity (Wildman–Crippen MR) is 233 cm³/mol. The fraction of sp³-hybridized carbons (Fsp3) is 0.0189. The lowest BCUT2D eigenvalue weighted by atomic mass is 9.66. The van der Waals surface area contributed by atoms with E-state index in [1.807, 2.05) is 17.8 Å². The van der Waals surface area contributed by atoms with Crippen molar-refractivity contribution >= 4 is 61.5 Å². The van der Waals surface area contributed by atoms with Crippen molar-refractivity contribution in [1.29, 1.82) is 0 Å². The summed E-state index contributed by atoms with van der Waals surface area (Å²) >= 11 is 1.90. The standard InChI is InChI=1S/C53H33NOS/c1-2-16-37(17-3-1)54(47-26-13-23-43-42-22-8-11-27-48(42)55-52(43)47)38-18-12-15-35(32-38)36-29-30-49-46(33-36)53(51-39-19-5-4-14-34(39)28-31-50(51)56-49)44-24-9-6-20-40(44)41-21-7-10-25-45(41)53/h1-33H. The molecule has 10 aromatic rings. The summed E-state index contributed by atoms with van der Waals surface area (Å²) in [5.41, 5.74) is 14.8. The van der Waals surface area contributed by atoms with Gasteiger partial charge < -0.3 is 9.32 Å². The Bertz CT molecular complexity index is 3150. The molecule has 2 aliphatic rings. The Balaban J connectivity index is 1.09. The topological polar surface area (TPSA) is 16.4 Å². The minimum Gasteiger partial charge on any atom is -0.454 e. The smallest absolute Gasteiger partial charge is 0.159 e. The van der Waals surface area contributed by atoms with E-state index in [2.05, 4.69) is 199 Å². The van der Waals surface area contributed by atoms with Crippen molar-refractivity contribution in [2.75, 3.05) is 4.90 Å². The van der Waals surface area contributed by atoms with Crippen molar-refractivity contribution in [1.82, 2.24) is 0 Å². The minimum absolute atomic E-state index is 0.482. The van der Waals surface area contributed by atoms with E-state index in [4.69, 9.17) is 4.42 Å². The molecule has 3 heteroatoms. The molecule has 1 aromatic heterocycles. The van der Waals surface area contributed by atoms with Crippen molar-refractivity contribution in [2.45, 2.75) is 15.2 Å². The summed E-state index contributed by atoms with van der Waals surface area (Å²) < 4.78 is 6.61. The summed E-state index contributed by atoms with van der Waals surface area (Å²) in [6.07, 6.45) is 0. The van der Waals surface area contributed by atoms with E-state index in [9.17, 15) is 0 Å². The second kappa shape index (κ2) is 12.1. The average molecular weight is 732 g/mol. The molecule has 2 nitrogen and oxygen atoms in total. The van der Waals surface area contributed by atoms with E-state index in [1.165, 1.54) is 59.5 Å². The van der Waals surface area contributed by atoms with Gasteiger partial charge in [-0.3, -0.25) is 0 Å². The Morgan fingerprint density at radius 1 is 0.429 bits per heavy atom. The molecule has 0 bridgehead atoms. The van der Waals surface area contributed by atoms with Gasteiger partial charge in [-0.05, 0) is 110 Å². The number of fused-ring (bicyclic) bond motifs is 14. The van der Waals surface area contributed by atoms with Gasteiger partial charge in [-0.25, -0.2) is 0 Å². The fourth-order valence-electron chi connectivity index (χ4n) is 9.60. The van der Waals surface area contributed by atoms with Crippen LogP contribution in [0.1, 0.15) is 22.3 Å². The number of hydrogen-bond acceptors (Lipinski definition) is 3. The summed E-state index contributed by atoms with van der Waals surface area (Å²) in [6.45, 7) is 0. The zero-order valence-corrected chi connectivity index (χ0v) is 31.1. The van der Waals surface area contributed by atoms with Crippen molar-refractivity contribution in [3.63, 3.8) is 0 Å². The molecule has 0 radical (unpaired) electrons. The highest BCUT2D eigenvalue weighted by Crippen LogP contribution is 2.63. The van der Waals surface area contributed by atoms with Gasteiger partial charge in [0.1, 0.15) is 5.58 Å². The SMILES string of the molecule is c1ccc(N(c2cccc(-c3ccc4c(c3)C3(c5ccccc5-c5ccccc53)c3c(ccc5ccccc35)S4)c2)c2cccc3c2oc2ccccc23)cc1. The molecule has 0 unspecified atom stereocenters. The quantitative estimate of drug-likeness (QED) is 0.179. The van der Waals surface area contributed by atoms with Gasteiger partial charge in [0.05, 0.1) is 11.1 Å². The van der Waals surface area contributed by atoms with Crippen LogP contribution in [0.2, 0.25) is 0 Å². The van der Waals surface area contributed by atoms with E-state index < -0.39 is 5.41 Å². The van der Waals surface area contributed by atoms with E-state index in [-0.39, 0.29) is 0 Å². The number of nitrogens with zero attached hydrogens (tertiary/aromatic N) is 1. The lowest BCUT2D eigenvalue weighted by molar-refractivity contribution is 0.669. The van der Waals surface area contributed by atoms with Gasteiger partial charge >= 0.3 is 0 Å². The molecule has 56 heavy (non-hydrogen) atoms. The Morgan fingerprint density at radius 2 is 1.07 bits per heavy atom. The maximum absolute atomic E-state index is 6.61. The van der Waals surface area contributed by atoms with Gasteiger partial charge in [-0.15, -0.1) is 0 Å². The molecule has 0 atom stereocenters. The van der Waals surface area contributed by atoms with Crippen LogP contribution in [0.4, 0.5) is 17.1 Å². The van der Waals surface area contributed by atoms with E-state index in [0.717, 1.165) is 44.6 Å². The Labute approximate surface area is 329 Å². The average Bonchev–Trinajstić information content (AvgIpc) is 3.79. The molecule has 9 aromatic carbocycles. The number of anilines is 3. The first-order valence-corrected chi connectivity index (χ1v) is 20.0. The van der Waals surface area contributed by atoms with Crippen molar-refractivity contribution in [3.8, 4) is 22.3 Å². The first kappa shape index (κ1) is 31.5. The number of para-hydroxylation sites is 3. The lowest BCUT2D eigenvalue weighted by Gasteiger charge is -2.40. The summed E-state index contributed by atoms with van der Waals surface area (Å²) in [6, 6.07) is 73.2. The van der Waals surface area contributed by atoms with Crippen LogP contribution in [-0.2, 0) is 5.41 Å². The zero-order chi connectivity index (χ0) is 36.8. The van der Waals surface area contributed by atoms with Crippen LogP contribution < -0.4 is 4.90 Å². The summed E-state index contributed by atoms with van der Waals surface area (Å²) in [5, 5.41) is 4.80.